The van der Waals surface area contributed by atoms with Crippen LogP contribution < -0.4 is 5.56 Å². The fourth-order valence-corrected chi connectivity index (χ4v) is 4.97. The van der Waals surface area contributed by atoms with Crippen LogP contribution in [-0.2, 0) is 18.3 Å². The number of fused-ring (bicyclic) bond motifs is 1. The van der Waals surface area contributed by atoms with Gasteiger partial charge in [0.05, 0.1) is 18.6 Å². The van der Waals surface area contributed by atoms with E-state index in [0.717, 1.165) is 41.1 Å². The molecule has 5 heteroatoms. The third-order valence-corrected chi connectivity index (χ3v) is 6.72. The topological polar surface area (TPSA) is 34.5 Å². The molecule has 0 radical (unpaired) electrons. The van der Waals surface area contributed by atoms with Crippen LogP contribution in [0.4, 0.5) is 0 Å². The normalized spacial score (nSPS) is 22.6. The predicted octanol–water partition coefficient (Wildman–Crippen LogP) is 3.64. The van der Waals surface area contributed by atoms with Crippen molar-refractivity contribution in [3.8, 4) is 0 Å². The molecule has 2 atom stereocenters. The lowest BCUT2D eigenvalue weighted by molar-refractivity contribution is -0.0418. The number of ether oxygens (including phenoxy) is 1. The lowest BCUT2D eigenvalue weighted by Crippen LogP contribution is -2.49. The molecule has 0 spiro atoms. The zero-order valence-electron chi connectivity index (χ0n) is 15.5. The summed E-state index contributed by atoms with van der Waals surface area (Å²) in [5, 5.41) is 0.901. The molecule has 2 aromatic heterocycles. The molecule has 1 aliphatic heterocycles. The maximum atomic E-state index is 12.9. The third kappa shape index (κ3) is 2.93. The Hall–Kier alpha value is -1.17. The highest BCUT2D eigenvalue weighted by Crippen LogP contribution is 2.34. The van der Waals surface area contributed by atoms with Gasteiger partial charge in [-0.05, 0) is 38.3 Å². The lowest BCUT2D eigenvalue weighted by Gasteiger charge is -2.38. The molecule has 1 fully saturated rings. The van der Waals surface area contributed by atoms with Crippen LogP contribution in [0.15, 0.2) is 10.9 Å². The molecular formula is C19H28N2O2S. The van der Waals surface area contributed by atoms with Gasteiger partial charge >= 0.3 is 0 Å². The number of thiophene rings is 1. The first kappa shape index (κ1) is 17.6. The minimum Gasteiger partial charge on any atom is -0.378 e. The maximum Gasteiger partial charge on any atom is 0.259 e. The van der Waals surface area contributed by atoms with Crippen molar-refractivity contribution in [3.05, 3.63) is 32.6 Å². The molecule has 132 valence electrons. The van der Waals surface area contributed by atoms with Gasteiger partial charge in [0.2, 0.25) is 0 Å². The molecule has 2 aromatic rings. The van der Waals surface area contributed by atoms with Gasteiger partial charge in [-0.1, -0.05) is 13.8 Å². The molecule has 4 nitrogen and oxygen atoms in total. The molecule has 1 aliphatic rings. The van der Waals surface area contributed by atoms with Gasteiger partial charge in [0.15, 0.2) is 0 Å². The van der Waals surface area contributed by atoms with Crippen LogP contribution >= 0.6 is 11.3 Å². The Balaban J connectivity index is 2.06. The van der Waals surface area contributed by atoms with Crippen molar-refractivity contribution in [1.82, 2.24) is 9.47 Å². The number of aromatic nitrogens is 1. The second-order valence-corrected chi connectivity index (χ2v) is 8.48. The average Bonchev–Trinajstić information content (AvgIpc) is 2.85. The summed E-state index contributed by atoms with van der Waals surface area (Å²) in [7, 11) is 1.90. The van der Waals surface area contributed by atoms with Crippen LogP contribution in [0.2, 0.25) is 0 Å². The number of rotatable bonds is 3. The van der Waals surface area contributed by atoms with E-state index < -0.39 is 0 Å². The molecule has 0 bridgehead atoms. The highest BCUT2D eigenvalue weighted by atomic mass is 32.1. The summed E-state index contributed by atoms with van der Waals surface area (Å²) in [5.74, 6) is 0.454. The van der Waals surface area contributed by atoms with Gasteiger partial charge in [0.25, 0.3) is 5.56 Å². The Bertz CT molecular complexity index is 796. The van der Waals surface area contributed by atoms with Crippen LogP contribution in [0.1, 0.15) is 49.7 Å². The van der Waals surface area contributed by atoms with Gasteiger partial charge in [-0.2, -0.15) is 0 Å². The number of pyridine rings is 1. The van der Waals surface area contributed by atoms with Crippen LogP contribution in [0, 0.1) is 6.92 Å². The molecule has 0 aromatic carbocycles. The largest absolute Gasteiger partial charge is 0.378 e. The van der Waals surface area contributed by atoms with Crippen molar-refractivity contribution < 1.29 is 4.74 Å². The fourth-order valence-electron chi connectivity index (χ4n) is 3.70. The van der Waals surface area contributed by atoms with Crippen LogP contribution in [0.3, 0.4) is 0 Å². The molecule has 0 saturated carbocycles. The quantitative estimate of drug-likeness (QED) is 0.849. The summed E-state index contributed by atoms with van der Waals surface area (Å²) in [5.41, 5.74) is 2.38. The van der Waals surface area contributed by atoms with E-state index in [1.165, 1.54) is 4.88 Å². The van der Waals surface area contributed by atoms with E-state index in [4.69, 9.17) is 4.74 Å². The number of nitrogens with zero attached hydrogens (tertiary/aromatic N) is 2. The van der Waals surface area contributed by atoms with Gasteiger partial charge in [-0.15, -0.1) is 11.3 Å². The fraction of sp³-hybridized carbons (Fsp3) is 0.632. The molecule has 1 saturated heterocycles. The number of hydrogen-bond acceptors (Lipinski definition) is 4. The van der Waals surface area contributed by atoms with E-state index in [-0.39, 0.29) is 5.56 Å². The summed E-state index contributed by atoms with van der Waals surface area (Å²) >= 11 is 1.78. The second-order valence-electron chi connectivity index (χ2n) is 7.39. The first-order valence-electron chi connectivity index (χ1n) is 8.76. The first-order chi connectivity index (χ1) is 11.3. The smallest absolute Gasteiger partial charge is 0.259 e. The zero-order valence-corrected chi connectivity index (χ0v) is 16.4. The van der Waals surface area contributed by atoms with E-state index in [2.05, 4.69) is 45.6 Å². The average molecular weight is 349 g/mol. The molecule has 0 aliphatic carbocycles. The Morgan fingerprint density at radius 1 is 1.29 bits per heavy atom. The van der Waals surface area contributed by atoms with Crippen molar-refractivity contribution in [3.63, 3.8) is 0 Å². The molecule has 0 N–H and O–H groups in total. The van der Waals surface area contributed by atoms with Gasteiger partial charge < -0.3 is 9.30 Å². The van der Waals surface area contributed by atoms with Crippen LogP contribution in [-0.4, -0.2) is 34.8 Å². The number of morpholine rings is 1. The van der Waals surface area contributed by atoms with Gasteiger partial charge in [-0.3, -0.25) is 9.69 Å². The van der Waals surface area contributed by atoms with E-state index in [1.54, 1.807) is 11.3 Å². The van der Waals surface area contributed by atoms with Crippen molar-refractivity contribution in [2.45, 2.75) is 59.2 Å². The molecule has 3 rings (SSSR count). The minimum absolute atomic E-state index is 0.136. The molecule has 24 heavy (non-hydrogen) atoms. The Morgan fingerprint density at radius 2 is 1.92 bits per heavy atom. The zero-order chi connectivity index (χ0) is 17.6. The van der Waals surface area contributed by atoms with Crippen molar-refractivity contribution in [2.24, 2.45) is 7.05 Å². The molecule has 0 amide bonds. The van der Waals surface area contributed by atoms with Crippen molar-refractivity contribution >= 4 is 21.4 Å². The Labute approximate surface area is 148 Å². The Kier molecular flexibility index (Phi) is 4.87. The third-order valence-electron chi connectivity index (χ3n) is 5.18. The molecular weight excluding hydrogens is 320 g/mol. The van der Waals surface area contributed by atoms with Crippen LogP contribution in [0.25, 0.3) is 10.1 Å². The second kappa shape index (κ2) is 6.62. The monoisotopic (exact) mass is 348 g/mol. The first-order valence-corrected chi connectivity index (χ1v) is 9.58. The number of aryl methyl sites for hydroxylation is 1. The minimum atomic E-state index is 0.136. The summed E-state index contributed by atoms with van der Waals surface area (Å²) < 4.78 is 8.59. The standard InChI is InChI=1S/C19H28N2O2S/c1-11(2)18-14(5)17-16(24-18)7-15(20(6)19(17)22)8-21-12(3)9-23-10-13(21)4/h7,11-13H,8-10H2,1-6H3/t12-,13-/m0/s1. The molecule has 0 unspecified atom stereocenters. The van der Waals surface area contributed by atoms with Crippen molar-refractivity contribution in [2.75, 3.05) is 13.2 Å². The van der Waals surface area contributed by atoms with E-state index in [1.807, 2.05) is 11.6 Å². The van der Waals surface area contributed by atoms with E-state index >= 15 is 0 Å². The summed E-state index contributed by atoms with van der Waals surface area (Å²) in [4.78, 5) is 16.7. The van der Waals surface area contributed by atoms with Gasteiger partial charge in [0, 0.05) is 40.9 Å². The Morgan fingerprint density at radius 3 is 2.50 bits per heavy atom. The highest BCUT2D eigenvalue weighted by molar-refractivity contribution is 7.19. The van der Waals surface area contributed by atoms with E-state index in [9.17, 15) is 4.79 Å². The van der Waals surface area contributed by atoms with Crippen molar-refractivity contribution in [1.29, 1.82) is 0 Å². The van der Waals surface area contributed by atoms with Gasteiger partial charge in [-0.25, -0.2) is 0 Å². The summed E-state index contributed by atoms with van der Waals surface area (Å²) in [6, 6.07) is 2.96. The lowest BCUT2D eigenvalue weighted by atomic mass is 10.1. The SMILES string of the molecule is Cc1c(C(C)C)sc2cc(CN3[C@@H](C)COC[C@@H]3C)n(C)c(=O)c12. The van der Waals surface area contributed by atoms with Gasteiger partial charge in [0.1, 0.15) is 0 Å². The molecule has 3 heterocycles. The summed E-state index contributed by atoms with van der Waals surface area (Å²) in [6.07, 6.45) is 0. The summed E-state index contributed by atoms with van der Waals surface area (Å²) in [6.45, 7) is 13.2. The highest BCUT2D eigenvalue weighted by Gasteiger charge is 2.26. The predicted molar refractivity (Wildman–Crippen MR) is 101 cm³/mol. The van der Waals surface area contributed by atoms with Crippen LogP contribution in [0.5, 0.6) is 0 Å². The van der Waals surface area contributed by atoms with E-state index in [0.29, 0.717) is 18.0 Å². The maximum absolute atomic E-state index is 12.9. The number of hydrogen-bond donors (Lipinski definition) is 0.